The highest BCUT2D eigenvalue weighted by Crippen LogP contribution is 2.53. The van der Waals surface area contributed by atoms with Crippen LogP contribution in [0.15, 0.2) is 28.8 Å². The molecular formula is C20H21N5O3. The van der Waals surface area contributed by atoms with E-state index in [1.165, 1.54) is 12.8 Å². The Morgan fingerprint density at radius 2 is 2.04 bits per heavy atom. The molecule has 0 unspecified atom stereocenters. The van der Waals surface area contributed by atoms with E-state index in [9.17, 15) is 9.59 Å². The SMILES string of the molecule is C[C@@H](NC(=O)c1noc(-c2cccc(C#N)c2)n1)C(=O)N1CCC2(CC1)CC2. The second-order valence-electron chi connectivity index (χ2n) is 7.64. The first-order chi connectivity index (χ1) is 13.5. The lowest BCUT2D eigenvalue weighted by atomic mass is 9.93. The molecule has 1 saturated carbocycles. The smallest absolute Gasteiger partial charge is 0.293 e. The molecule has 2 aliphatic rings. The van der Waals surface area contributed by atoms with Crippen molar-refractivity contribution < 1.29 is 14.1 Å². The van der Waals surface area contributed by atoms with E-state index >= 15 is 0 Å². The lowest BCUT2D eigenvalue weighted by Gasteiger charge is -2.33. The number of piperidine rings is 1. The highest BCUT2D eigenvalue weighted by Gasteiger charge is 2.45. The minimum Gasteiger partial charge on any atom is -0.341 e. The van der Waals surface area contributed by atoms with Crippen molar-refractivity contribution in [3.63, 3.8) is 0 Å². The van der Waals surface area contributed by atoms with E-state index in [-0.39, 0.29) is 17.6 Å². The molecule has 4 rings (SSSR count). The molecule has 1 N–H and O–H groups in total. The standard InChI is InChI=1S/C20H21N5O3/c1-13(19(27)25-9-7-20(5-6-20)8-10-25)22-17(26)16-23-18(28-24-16)15-4-2-3-14(11-15)12-21/h2-4,11,13H,5-10H2,1H3,(H,22,26)/t13-/m1/s1. The first kappa shape index (κ1) is 18.2. The number of rotatable bonds is 4. The minimum absolute atomic E-state index is 0.0886. The monoisotopic (exact) mass is 379 g/mol. The molecule has 0 bridgehead atoms. The van der Waals surface area contributed by atoms with Gasteiger partial charge in [-0.25, -0.2) is 0 Å². The van der Waals surface area contributed by atoms with Crippen LogP contribution in [0.5, 0.6) is 0 Å². The van der Waals surface area contributed by atoms with Gasteiger partial charge in [0.25, 0.3) is 17.6 Å². The molecule has 1 aromatic heterocycles. The zero-order valence-electron chi connectivity index (χ0n) is 15.6. The summed E-state index contributed by atoms with van der Waals surface area (Å²) in [6, 6.07) is 8.04. The second-order valence-corrected chi connectivity index (χ2v) is 7.64. The molecule has 8 nitrogen and oxygen atoms in total. The first-order valence-corrected chi connectivity index (χ1v) is 9.44. The van der Waals surface area contributed by atoms with E-state index in [0.29, 0.717) is 16.5 Å². The molecule has 1 aliphatic heterocycles. The van der Waals surface area contributed by atoms with Crippen LogP contribution in [0.2, 0.25) is 0 Å². The highest BCUT2D eigenvalue weighted by molar-refractivity contribution is 5.94. The van der Waals surface area contributed by atoms with Crippen molar-refractivity contribution in [3.8, 4) is 17.5 Å². The molecular weight excluding hydrogens is 358 g/mol. The summed E-state index contributed by atoms with van der Waals surface area (Å²) in [5.41, 5.74) is 1.50. The van der Waals surface area contributed by atoms with Crippen molar-refractivity contribution in [2.75, 3.05) is 13.1 Å². The molecule has 144 valence electrons. The number of nitrogens with one attached hydrogen (secondary N) is 1. The third-order valence-corrected chi connectivity index (χ3v) is 5.68. The summed E-state index contributed by atoms with van der Waals surface area (Å²) in [4.78, 5) is 30.9. The van der Waals surface area contributed by atoms with Crippen LogP contribution in [0.4, 0.5) is 0 Å². The Balaban J connectivity index is 1.37. The molecule has 1 aliphatic carbocycles. The molecule has 2 aromatic rings. The fourth-order valence-electron chi connectivity index (χ4n) is 3.63. The number of hydrogen-bond acceptors (Lipinski definition) is 6. The van der Waals surface area contributed by atoms with Crippen LogP contribution in [0.25, 0.3) is 11.5 Å². The summed E-state index contributed by atoms with van der Waals surface area (Å²) in [5.74, 6) is -0.656. The van der Waals surface area contributed by atoms with E-state index in [1.807, 2.05) is 11.0 Å². The number of carbonyl (C=O) groups excluding carboxylic acids is 2. The molecule has 0 radical (unpaired) electrons. The average Bonchev–Trinajstić information content (AvgIpc) is 3.28. The Bertz CT molecular complexity index is 947. The second kappa shape index (κ2) is 7.08. The summed E-state index contributed by atoms with van der Waals surface area (Å²) in [5, 5.41) is 15.3. The van der Waals surface area contributed by atoms with Gasteiger partial charge in [-0.1, -0.05) is 11.2 Å². The summed E-state index contributed by atoms with van der Waals surface area (Å²) in [7, 11) is 0. The molecule has 1 saturated heterocycles. The number of nitrogens with zero attached hydrogens (tertiary/aromatic N) is 4. The van der Waals surface area contributed by atoms with Crippen LogP contribution in [-0.2, 0) is 4.79 Å². The Kier molecular flexibility index (Phi) is 4.59. The number of carbonyl (C=O) groups is 2. The Morgan fingerprint density at radius 3 is 2.71 bits per heavy atom. The summed E-state index contributed by atoms with van der Waals surface area (Å²) < 4.78 is 5.13. The zero-order chi connectivity index (χ0) is 19.7. The van der Waals surface area contributed by atoms with Crippen molar-refractivity contribution in [1.29, 1.82) is 5.26 Å². The van der Waals surface area contributed by atoms with Gasteiger partial charge in [0.15, 0.2) is 0 Å². The van der Waals surface area contributed by atoms with Gasteiger partial charge in [-0.3, -0.25) is 9.59 Å². The minimum atomic E-state index is -0.662. The Hall–Kier alpha value is -3.21. The number of nitriles is 1. The van der Waals surface area contributed by atoms with Crippen LogP contribution in [0.1, 0.15) is 48.8 Å². The Morgan fingerprint density at radius 1 is 1.29 bits per heavy atom. The third-order valence-electron chi connectivity index (χ3n) is 5.68. The zero-order valence-corrected chi connectivity index (χ0v) is 15.6. The van der Waals surface area contributed by atoms with Gasteiger partial charge >= 0.3 is 0 Å². The van der Waals surface area contributed by atoms with Crippen molar-refractivity contribution in [2.45, 2.75) is 38.6 Å². The number of aromatic nitrogens is 2. The number of hydrogen-bond donors (Lipinski definition) is 1. The maximum atomic E-state index is 12.6. The van der Waals surface area contributed by atoms with Crippen LogP contribution in [-0.4, -0.2) is 46.0 Å². The molecule has 1 spiro atoms. The number of amides is 2. The summed E-state index contributed by atoms with van der Waals surface area (Å²) in [6.07, 6.45) is 4.66. The normalized spacial score (nSPS) is 18.4. The Labute approximate surface area is 162 Å². The number of likely N-dealkylation sites (tertiary alicyclic amines) is 1. The van der Waals surface area contributed by atoms with E-state index in [1.54, 1.807) is 31.2 Å². The topological polar surface area (TPSA) is 112 Å². The largest absolute Gasteiger partial charge is 0.341 e. The van der Waals surface area contributed by atoms with Gasteiger partial charge in [0.2, 0.25) is 5.91 Å². The average molecular weight is 379 g/mol. The quantitative estimate of drug-likeness (QED) is 0.871. The maximum Gasteiger partial charge on any atom is 0.293 e. The van der Waals surface area contributed by atoms with Crippen molar-refractivity contribution in [2.24, 2.45) is 5.41 Å². The van der Waals surface area contributed by atoms with Crippen LogP contribution in [0.3, 0.4) is 0 Å². The predicted molar refractivity (Wildman–Crippen MR) is 98.9 cm³/mol. The fraction of sp³-hybridized carbons (Fsp3) is 0.450. The summed E-state index contributed by atoms with van der Waals surface area (Å²) >= 11 is 0. The lowest BCUT2D eigenvalue weighted by molar-refractivity contribution is -0.134. The third kappa shape index (κ3) is 3.60. The van der Waals surface area contributed by atoms with Crippen molar-refractivity contribution in [1.82, 2.24) is 20.4 Å². The molecule has 2 fully saturated rings. The number of benzene rings is 1. The van der Waals surface area contributed by atoms with Gasteiger partial charge in [-0.05, 0) is 56.2 Å². The predicted octanol–water partition coefficient (Wildman–Crippen LogP) is 2.13. The molecule has 8 heteroatoms. The van der Waals surface area contributed by atoms with Gasteiger partial charge in [-0.15, -0.1) is 0 Å². The molecule has 2 heterocycles. The van der Waals surface area contributed by atoms with Crippen LogP contribution >= 0.6 is 0 Å². The van der Waals surface area contributed by atoms with Crippen molar-refractivity contribution >= 4 is 11.8 Å². The van der Waals surface area contributed by atoms with E-state index < -0.39 is 11.9 Å². The molecule has 1 atom stereocenters. The summed E-state index contributed by atoms with van der Waals surface area (Å²) in [6.45, 7) is 3.17. The van der Waals surface area contributed by atoms with Crippen LogP contribution < -0.4 is 5.32 Å². The van der Waals surface area contributed by atoms with Gasteiger partial charge < -0.3 is 14.7 Å². The van der Waals surface area contributed by atoms with E-state index in [2.05, 4.69) is 15.5 Å². The maximum absolute atomic E-state index is 12.6. The van der Waals surface area contributed by atoms with Gasteiger partial charge in [0.1, 0.15) is 6.04 Å². The van der Waals surface area contributed by atoms with E-state index in [4.69, 9.17) is 9.78 Å². The van der Waals surface area contributed by atoms with Gasteiger partial charge in [0, 0.05) is 18.7 Å². The van der Waals surface area contributed by atoms with Gasteiger partial charge in [0.05, 0.1) is 11.6 Å². The van der Waals surface area contributed by atoms with Crippen LogP contribution in [0, 0.1) is 16.7 Å². The molecule has 2 amide bonds. The van der Waals surface area contributed by atoms with E-state index in [0.717, 1.165) is 25.9 Å². The fourth-order valence-corrected chi connectivity index (χ4v) is 3.63. The van der Waals surface area contributed by atoms with Crippen molar-refractivity contribution in [3.05, 3.63) is 35.7 Å². The lowest BCUT2D eigenvalue weighted by Crippen LogP contribution is -2.49. The first-order valence-electron chi connectivity index (χ1n) is 9.44. The highest BCUT2D eigenvalue weighted by atomic mass is 16.5. The molecule has 1 aromatic carbocycles. The van der Waals surface area contributed by atoms with Gasteiger partial charge in [-0.2, -0.15) is 10.2 Å². The molecule has 28 heavy (non-hydrogen) atoms.